The van der Waals surface area contributed by atoms with Crippen LogP contribution in [0, 0.1) is 0 Å². The number of methoxy groups -OCH3 is 1. The molecule has 2 aromatic carbocycles. The fourth-order valence-electron chi connectivity index (χ4n) is 1.85. The zero-order valence-corrected chi connectivity index (χ0v) is 10.8. The Morgan fingerprint density at radius 2 is 1.80 bits per heavy atom. The minimum Gasteiger partial charge on any atom is -0.478 e. The molecule has 0 aliphatic carbocycles. The number of carbonyl (C=O) groups excluding carboxylic acids is 1. The number of benzene rings is 2. The summed E-state index contributed by atoms with van der Waals surface area (Å²) in [5, 5.41) is 8.99. The van der Waals surface area contributed by atoms with Crippen LogP contribution in [0.25, 0.3) is 11.1 Å². The molecule has 0 spiro atoms. The van der Waals surface area contributed by atoms with E-state index in [1.807, 2.05) is 0 Å². The number of carboxylic acid groups (broad SMARTS) is 1. The highest BCUT2D eigenvalue weighted by molar-refractivity contribution is 5.97. The molecule has 0 saturated heterocycles. The first-order valence-electron chi connectivity index (χ1n) is 5.84. The van der Waals surface area contributed by atoms with Gasteiger partial charge in [-0.15, -0.1) is 0 Å². The molecule has 0 aliphatic rings. The van der Waals surface area contributed by atoms with Gasteiger partial charge >= 0.3 is 11.9 Å². The first kappa shape index (κ1) is 13.6. The van der Waals surface area contributed by atoms with Gasteiger partial charge in [-0.1, -0.05) is 18.2 Å². The Morgan fingerprint density at radius 3 is 2.45 bits per heavy atom. The molecule has 20 heavy (non-hydrogen) atoms. The maximum Gasteiger partial charge on any atom is 0.339 e. The van der Waals surface area contributed by atoms with E-state index in [1.165, 1.54) is 19.2 Å². The van der Waals surface area contributed by atoms with Crippen molar-refractivity contribution in [3.63, 3.8) is 0 Å². The van der Waals surface area contributed by atoms with Gasteiger partial charge in [-0.05, 0) is 35.4 Å². The molecule has 0 amide bonds. The summed E-state index contributed by atoms with van der Waals surface area (Å²) in [5.74, 6) is -1.53. The topological polar surface area (TPSA) is 89.6 Å². The maximum atomic E-state index is 11.6. The predicted molar refractivity (Wildman–Crippen MR) is 74.6 cm³/mol. The Labute approximate surface area is 115 Å². The second-order valence-electron chi connectivity index (χ2n) is 4.18. The van der Waals surface area contributed by atoms with Gasteiger partial charge in [0.2, 0.25) is 0 Å². The van der Waals surface area contributed by atoms with Crippen molar-refractivity contribution in [3.05, 3.63) is 53.6 Å². The molecule has 2 aromatic rings. The highest BCUT2D eigenvalue weighted by Gasteiger charge is 2.12. The molecule has 3 N–H and O–H groups in total. The summed E-state index contributed by atoms with van der Waals surface area (Å²) in [5.41, 5.74) is 7.86. The number of carbonyl (C=O) groups is 2. The summed E-state index contributed by atoms with van der Waals surface area (Å²) < 4.78 is 4.66. The van der Waals surface area contributed by atoms with Crippen LogP contribution in [0.4, 0.5) is 5.69 Å². The molecule has 0 radical (unpaired) electrons. The van der Waals surface area contributed by atoms with Gasteiger partial charge in [-0.25, -0.2) is 9.59 Å². The Balaban J connectivity index is 2.50. The monoisotopic (exact) mass is 271 g/mol. The number of carboxylic acids is 1. The molecule has 2 rings (SSSR count). The summed E-state index contributed by atoms with van der Waals surface area (Å²) in [4.78, 5) is 22.6. The first-order chi connectivity index (χ1) is 9.52. The van der Waals surface area contributed by atoms with Crippen molar-refractivity contribution in [2.24, 2.45) is 0 Å². The zero-order chi connectivity index (χ0) is 14.7. The molecule has 102 valence electrons. The summed E-state index contributed by atoms with van der Waals surface area (Å²) in [6, 6.07) is 11.4. The van der Waals surface area contributed by atoms with Crippen molar-refractivity contribution < 1.29 is 19.4 Å². The van der Waals surface area contributed by atoms with E-state index in [4.69, 9.17) is 10.8 Å². The molecular weight excluding hydrogens is 258 g/mol. The van der Waals surface area contributed by atoms with Crippen LogP contribution in [0.1, 0.15) is 20.7 Å². The maximum absolute atomic E-state index is 11.6. The largest absolute Gasteiger partial charge is 0.478 e. The van der Waals surface area contributed by atoms with E-state index in [0.717, 1.165) is 0 Å². The lowest BCUT2D eigenvalue weighted by atomic mass is 10.00. The Morgan fingerprint density at radius 1 is 1.10 bits per heavy atom. The van der Waals surface area contributed by atoms with Crippen molar-refractivity contribution in [1.29, 1.82) is 0 Å². The molecule has 0 fully saturated rings. The van der Waals surface area contributed by atoms with Gasteiger partial charge in [-0.3, -0.25) is 0 Å². The van der Waals surface area contributed by atoms with Crippen LogP contribution >= 0.6 is 0 Å². The van der Waals surface area contributed by atoms with Gasteiger partial charge in [-0.2, -0.15) is 0 Å². The fourth-order valence-corrected chi connectivity index (χ4v) is 1.85. The van der Waals surface area contributed by atoms with Crippen LogP contribution in [-0.4, -0.2) is 24.2 Å². The van der Waals surface area contributed by atoms with E-state index in [2.05, 4.69) is 4.74 Å². The van der Waals surface area contributed by atoms with Crippen LogP contribution in [0.5, 0.6) is 0 Å². The van der Waals surface area contributed by atoms with Gasteiger partial charge in [0.1, 0.15) is 0 Å². The summed E-state index contributed by atoms with van der Waals surface area (Å²) in [7, 11) is 1.28. The molecular formula is C15H13NO4. The average Bonchev–Trinajstić information content (AvgIpc) is 2.47. The lowest BCUT2D eigenvalue weighted by molar-refractivity contribution is 0.0601. The molecule has 0 atom stereocenters. The number of esters is 1. The molecule has 0 saturated carbocycles. The number of nitrogen functional groups attached to an aromatic ring is 1. The third kappa shape index (κ3) is 2.61. The van der Waals surface area contributed by atoms with Crippen LogP contribution in [0.2, 0.25) is 0 Å². The first-order valence-corrected chi connectivity index (χ1v) is 5.84. The molecule has 0 aromatic heterocycles. The van der Waals surface area contributed by atoms with Crippen molar-refractivity contribution in [1.82, 2.24) is 0 Å². The smallest absolute Gasteiger partial charge is 0.339 e. The zero-order valence-electron chi connectivity index (χ0n) is 10.8. The number of ether oxygens (including phenoxy) is 1. The molecule has 0 bridgehead atoms. The number of hydrogen-bond acceptors (Lipinski definition) is 4. The van der Waals surface area contributed by atoms with Crippen LogP contribution in [0.15, 0.2) is 42.5 Å². The van der Waals surface area contributed by atoms with Gasteiger partial charge in [0.15, 0.2) is 0 Å². The third-order valence-electron chi connectivity index (χ3n) is 2.90. The quantitative estimate of drug-likeness (QED) is 0.661. The van der Waals surface area contributed by atoms with E-state index in [-0.39, 0.29) is 11.1 Å². The third-order valence-corrected chi connectivity index (χ3v) is 2.90. The SMILES string of the molecule is COC(=O)c1cc(-c2cccc(C(=O)O)c2)ccc1N. The minimum atomic E-state index is -1.00. The van der Waals surface area contributed by atoms with Gasteiger partial charge in [0, 0.05) is 5.69 Å². The molecule has 0 unspecified atom stereocenters. The molecule has 0 heterocycles. The number of rotatable bonds is 3. The van der Waals surface area contributed by atoms with Crippen LogP contribution in [0.3, 0.4) is 0 Å². The summed E-state index contributed by atoms with van der Waals surface area (Å²) in [6.07, 6.45) is 0. The standard InChI is InChI=1S/C15H13NO4/c1-20-15(19)12-8-10(5-6-13(12)16)9-3-2-4-11(7-9)14(17)18/h2-8H,16H2,1H3,(H,17,18). The van der Waals surface area contributed by atoms with Crippen molar-refractivity contribution in [2.75, 3.05) is 12.8 Å². The molecule has 5 heteroatoms. The Hall–Kier alpha value is -2.82. The summed E-state index contributed by atoms with van der Waals surface area (Å²) in [6.45, 7) is 0. The second-order valence-corrected chi connectivity index (χ2v) is 4.18. The van der Waals surface area contributed by atoms with Crippen LogP contribution < -0.4 is 5.73 Å². The highest BCUT2D eigenvalue weighted by Crippen LogP contribution is 2.25. The molecule has 0 aliphatic heterocycles. The fraction of sp³-hybridized carbons (Fsp3) is 0.0667. The van der Waals surface area contributed by atoms with E-state index in [9.17, 15) is 9.59 Å². The summed E-state index contributed by atoms with van der Waals surface area (Å²) >= 11 is 0. The number of aromatic carboxylic acids is 1. The second kappa shape index (κ2) is 5.44. The number of anilines is 1. The van der Waals surface area contributed by atoms with Gasteiger partial charge in [0.25, 0.3) is 0 Å². The van der Waals surface area contributed by atoms with Gasteiger partial charge in [0.05, 0.1) is 18.2 Å². The van der Waals surface area contributed by atoms with E-state index >= 15 is 0 Å². The van der Waals surface area contributed by atoms with E-state index in [0.29, 0.717) is 16.8 Å². The average molecular weight is 271 g/mol. The van der Waals surface area contributed by atoms with E-state index < -0.39 is 11.9 Å². The normalized spacial score (nSPS) is 10.1. The minimum absolute atomic E-state index is 0.180. The lowest BCUT2D eigenvalue weighted by Gasteiger charge is -2.08. The van der Waals surface area contributed by atoms with Crippen molar-refractivity contribution in [2.45, 2.75) is 0 Å². The van der Waals surface area contributed by atoms with Crippen LogP contribution in [-0.2, 0) is 4.74 Å². The van der Waals surface area contributed by atoms with E-state index in [1.54, 1.807) is 30.3 Å². The Kier molecular flexibility index (Phi) is 3.70. The highest BCUT2D eigenvalue weighted by atomic mass is 16.5. The number of hydrogen-bond donors (Lipinski definition) is 2. The Bertz CT molecular complexity index is 679. The number of nitrogens with two attached hydrogens (primary N) is 1. The predicted octanol–water partition coefficient (Wildman–Crippen LogP) is 2.42. The van der Waals surface area contributed by atoms with Gasteiger partial charge < -0.3 is 15.6 Å². The van der Waals surface area contributed by atoms with Crippen molar-refractivity contribution in [3.8, 4) is 11.1 Å². The lowest BCUT2D eigenvalue weighted by Crippen LogP contribution is -2.05. The van der Waals surface area contributed by atoms with Crippen molar-refractivity contribution >= 4 is 17.6 Å². The molecule has 5 nitrogen and oxygen atoms in total.